The molecule has 2 aromatic rings. The Bertz CT molecular complexity index is 709. The van der Waals surface area contributed by atoms with Crippen molar-refractivity contribution in [1.82, 2.24) is 5.32 Å². The van der Waals surface area contributed by atoms with Crippen LogP contribution in [0.15, 0.2) is 41.8 Å². The summed E-state index contributed by atoms with van der Waals surface area (Å²) in [4.78, 5) is 36.2. The first kappa shape index (κ1) is 17.7. The lowest BCUT2D eigenvalue weighted by molar-refractivity contribution is -0.145. The molecule has 0 unspecified atom stereocenters. The highest BCUT2D eigenvalue weighted by Gasteiger charge is 2.20. The second-order valence-electron chi connectivity index (χ2n) is 4.88. The Balaban J connectivity index is 1.83. The summed E-state index contributed by atoms with van der Waals surface area (Å²) in [7, 11) is 1.53. The van der Waals surface area contributed by atoms with Crippen molar-refractivity contribution in [3.05, 3.63) is 52.2 Å². The van der Waals surface area contributed by atoms with Crippen LogP contribution in [0.2, 0.25) is 0 Å². The van der Waals surface area contributed by atoms with E-state index in [-0.39, 0.29) is 18.2 Å². The molecule has 0 radical (unpaired) electrons. The van der Waals surface area contributed by atoms with Crippen LogP contribution in [0.4, 0.5) is 0 Å². The Hall–Kier alpha value is -2.67. The van der Waals surface area contributed by atoms with Gasteiger partial charge < -0.3 is 14.8 Å². The van der Waals surface area contributed by atoms with Crippen molar-refractivity contribution in [2.75, 3.05) is 13.7 Å². The monoisotopic (exact) mass is 347 g/mol. The Kier molecular flexibility index (Phi) is 6.08. The average Bonchev–Trinajstić information content (AvgIpc) is 3.13. The lowest BCUT2D eigenvalue weighted by atomic mass is 10.1. The van der Waals surface area contributed by atoms with Gasteiger partial charge in [0.25, 0.3) is 5.91 Å². The van der Waals surface area contributed by atoms with Crippen molar-refractivity contribution < 1.29 is 23.9 Å². The Labute approximate surface area is 143 Å². The third kappa shape index (κ3) is 4.66. The maximum atomic E-state index is 12.2. The van der Waals surface area contributed by atoms with Crippen LogP contribution < -0.4 is 10.1 Å². The van der Waals surface area contributed by atoms with Crippen LogP contribution >= 0.6 is 11.3 Å². The first-order valence-corrected chi connectivity index (χ1v) is 8.08. The van der Waals surface area contributed by atoms with Crippen LogP contribution in [0.25, 0.3) is 0 Å². The fourth-order valence-corrected chi connectivity index (χ4v) is 2.57. The largest absolute Gasteiger partial charge is 0.497 e. The molecule has 2 rings (SSSR count). The number of benzene rings is 1. The number of thiophene rings is 1. The Morgan fingerprint density at radius 3 is 2.46 bits per heavy atom. The fraction of sp³-hybridized carbons (Fsp3) is 0.235. The molecular formula is C17H17NO5S. The van der Waals surface area contributed by atoms with Gasteiger partial charge in [0.15, 0.2) is 6.10 Å². The molecule has 7 heteroatoms. The number of hydrogen-bond donors (Lipinski definition) is 1. The third-order valence-electron chi connectivity index (χ3n) is 3.19. The van der Waals surface area contributed by atoms with Crippen LogP contribution in [0, 0.1) is 0 Å². The van der Waals surface area contributed by atoms with Crippen molar-refractivity contribution in [3.8, 4) is 5.75 Å². The van der Waals surface area contributed by atoms with E-state index in [1.807, 2.05) is 0 Å². The van der Waals surface area contributed by atoms with Crippen LogP contribution in [0.5, 0.6) is 5.75 Å². The summed E-state index contributed by atoms with van der Waals surface area (Å²) < 4.78 is 10.1. The second-order valence-corrected chi connectivity index (χ2v) is 5.83. The van der Waals surface area contributed by atoms with E-state index in [1.165, 1.54) is 25.4 Å². The lowest BCUT2D eigenvalue weighted by Crippen LogP contribution is -2.33. The average molecular weight is 347 g/mol. The van der Waals surface area contributed by atoms with E-state index in [0.717, 1.165) is 0 Å². The minimum Gasteiger partial charge on any atom is -0.497 e. The van der Waals surface area contributed by atoms with Gasteiger partial charge in [0.1, 0.15) is 12.3 Å². The zero-order valence-electron chi connectivity index (χ0n) is 13.3. The van der Waals surface area contributed by atoms with Crippen LogP contribution in [0.1, 0.15) is 27.0 Å². The van der Waals surface area contributed by atoms with Gasteiger partial charge in [0.2, 0.25) is 5.78 Å². The molecule has 0 aliphatic rings. The molecule has 1 aromatic heterocycles. The summed E-state index contributed by atoms with van der Waals surface area (Å²) >= 11 is 1.27. The number of carbonyl (C=O) groups excluding carboxylic acids is 3. The maximum Gasteiger partial charge on any atom is 0.326 e. The minimum absolute atomic E-state index is 0.295. The number of ketones is 1. The van der Waals surface area contributed by atoms with E-state index in [1.54, 1.807) is 41.8 Å². The summed E-state index contributed by atoms with van der Waals surface area (Å²) in [5, 5.41) is 4.22. The lowest BCUT2D eigenvalue weighted by Gasteiger charge is -2.13. The third-order valence-corrected chi connectivity index (χ3v) is 4.06. The molecule has 0 bridgehead atoms. The molecule has 0 spiro atoms. The number of ether oxygens (including phenoxy) is 2. The van der Waals surface area contributed by atoms with Gasteiger partial charge in [-0.1, -0.05) is 6.07 Å². The summed E-state index contributed by atoms with van der Waals surface area (Å²) in [6.07, 6.45) is -0.940. The number of rotatable bonds is 7. The van der Waals surface area contributed by atoms with Crippen molar-refractivity contribution in [1.29, 1.82) is 0 Å². The predicted octanol–water partition coefficient (Wildman–Crippen LogP) is 2.30. The maximum absolute atomic E-state index is 12.2. The number of hydrogen-bond acceptors (Lipinski definition) is 6. The molecule has 126 valence electrons. The van der Waals surface area contributed by atoms with Gasteiger partial charge in [-0.25, -0.2) is 0 Å². The fourth-order valence-electron chi connectivity index (χ4n) is 1.93. The van der Waals surface area contributed by atoms with E-state index in [4.69, 9.17) is 9.47 Å². The van der Waals surface area contributed by atoms with Crippen molar-refractivity contribution in [2.45, 2.75) is 13.0 Å². The molecule has 0 saturated carbocycles. The molecule has 1 N–H and O–H groups in total. The van der Waals surface area contributed by atoms with Crippen molar-refractivity contribution in [2.24, 2.45) is 0 Å². The van der Waals surface area contributed by atoms with E-state index >= 15 is 0 Å². The predicted molar refractivity (Wildman–Crippen MR) is 89.5 cm³/mol. The number of Topliss-reactive ketones (excluding diaryl/α,β-unsaturated/α-hetero) is 1. The van der Waals surface area contributed by atoms with Crippen LogP contribution in [0.3, 0.4) is 0 Å². The number of methoxy groups -OCH3 is 1. The smallest absolute Gasteiger partial charge is 0.326 e. The van der Waals surface area contributed by atoms with E-state index in [0.29, 0.717) is 16.2 Å². The summed E-state index contributed by atoms with van der Waals surface area (Å²) in [5.74, 6) is -0.714. The van der Waals surface area contributed by atoms with Gasteiger partial charge in [0, 0.05) is 5.56 Å². The van der Waals surface area contributed by atoms with Gasteiger partial charge in [-0.3, -0.25) is 14.4 Å². The van der Waals surface area contributed by atoms with E-state index in [9.17, 15) is 14.4 Å². The molecule has 6 nitrogen and oxygen atoms in total. The van der Waals surface area contributed by atoms with Gasteiger partial charge in [-0.15, -0.1) is 11.3 Å². The SMILES string of the molecule is COc1ccc(C(=O)[C@@H](C)OC(=O)CNC(=O)c2cccs2)cc1. The van der Waals surface area contributed by atoms with Gasteiger partial charge >= 0.3 is 5.97 Å². The molecular weight excluding hydrogens is 330 g/mol. The molecule has 0 fully saturated rings. The second kappa shape index (κ2) is 8.26. The van der Waals surface area contributed by atoms with Crippen LogP contribution in [-0.2, 0) is 9.53 Å². The topological polar surface area (TPSA) is 81.7 Å². The molecule has 0 saturated heterocycles. The zero-order valence-corrected chi connectivity index (χ0v) is 14.1. The Morgan fingerprint density at radius 2 is 1.88 bits per heavy atom. The minimum atomic E-state index is -0.940. The highest BCUT2D eigenvalue weighted by molar-refractivity contribution is 7.12. The van der Waals surface area contributed by atoms with Crippen molar-refractivity contribution in [3.63, 3.8) is 0 Å². The standard InChI is InChI=1S/C17H17NO5S/c1-11(16(20)12-5-7-13(22-2)8-6-12)23-15(19)10-18-17(21)14-4-3-9-24-14/h3-9,11H,10H2,1-2H3,(H,18,21)/t11-/m1/s1. The Morgan fingerprint density at radius 1 is 1.17 bits per heavy atom. The molecule has 0 aliphatic carbocycles. The first-order chi connectivity index (χ1) is 11.5. The first-order valence-electron chi connectivity index (χ1n) is 7.20. The number of nitrogens with one attached hydrogen (secondary N) is 1. The molecule has 0 aliphatic heterocycles. The van der Waals surface area contributed by atoms with Gasteiger partial charge in [-0.2, -0.15) is 0 Å². The number of esters is 1. The van der Waals surface area contributed by atoms with E-state index in [2.05, 4.69) is 5.32 Å². The normalized spacial score (nSPS) is 11.4. The van der Waals surface area contributed by atoms with Gasteiger partial charge in [-0.05, 0) is 42.6 Å². The molecule has 1 atom stereocenters. The zero-order chi connectivity index (χ0) is 17.5. The molecule has 1 heterocycles. The number of carbonyl (C=O) groups is 3. The van der Waals surface area contributed by atoms with Crippen molar-refractivity contribution >= 4 is 29.0 Å². The number of amides is 1. The molecule has 1 amide bonds. The van der Waals surface area contributed by atoms with Gasteiger partial charge in [0.05, 0.1) is 12.0 Å². The van der Waals surface area contributed by atoms with Crippen LogP contribution in [-0.4, -0.2) is 37.4 Å². The quantitative estimate of drug-likeness (QED) is 0.614. The molecule has 24 heavy (non-hydrogen) atoms. The van der Waals surface area contributed by atoms with E-state index < -0.39 is 12.1 Å². The summed E-state index contributed by atoms with van der Waals surface area (Å²) in [5.41, 5.74) is 0.415. The highest BCUT2D eigenvalue weighted by atomic mass is 32.1. The highest BCUT2D eigenvalue weighted by Crippen LogP contribution is 2.14. The molecule has 1 aromatic carbocycles. The summed E-state index contributed by atoms with van der Waals surface area (Å²) in [6, 6.07) is 9.91. The summed E-state index contributed by atoms with van der Waals surface area (Å²) in [6.45, 7) is 1.20.